The van der Waals surface area contributed by atoms with Gasteiger partial charge in [-0.1, -0.05) is 30.3 Å². The zero-order chi connectivity index (χ0) is 19.1. The molecule has 2 aromatic rings. The summed E-state index contributed by atoms with van der Waals surface area (Å²) in [6, 6.07) is 15.4. The molecular formula is C20H21NO5. The Morgan fingerprint density at radius 1 is 0.923 bits per heavy atom. The summed E-state index contributed by atoms with van der Waals surface area (Å²) < 4.78 is 9.84. The van der Waals surface area contributed by atoms with Crippen LogP contribution in [0.4, 0.5) is 0 Å². The van der Waals surface area contributed by atoms with Gasteiger partial charge in [-0.15, -0.1) is 0 Å². The van der Waals surface area contributed by atoms with Gasteiger partial charge in [0.1, 0.15) is 0 Å². The molecule has 0 spiro atoms. The molecule has 2 rings (SSSR count). The first-order valence-corrected chi connectivity index (χ1v) is 8.10. The van der Waals surface area contributed by atoms with Crippen molar-refractivity contribution in [1.82, 2.24) is 4.90 Å². The van der Waals surface area contributed by atoms with E-state index in [0.29, 0.717) is 12.1 Å². The van der Waals surface area contributed by atoms with E-state index in [0.717, 1.165) is 5.56 Å². The van der Waals surface area contributed by atoms with Gasteiger partial charge in [-0.05, 0) is 36.8 Å². The minimum atomic E-state index is -0.920. The third kappa shape index (κ3) is 4.92. The molecule has 0 aliphatic rings. The number of likely N-dealkylation sites (N-methyl/N-ethyl adjacent to an activating group) is 1. The lowest BCUT2D eigenvalue weighted by atomic mass is 10.1. The number of benzene rings is 2. The second kappa shape index (κ2) is 8.80. The number of methoxy groups -OCH3 is 1. The van der Waals surface area contributed by atoms with E-state index in [1.165, 1.54) is 43.2 Å². The van der Waals surface area contributed by atoms with Crippen molar-refractivity contribution >= 4 is 17.8 Å². The fraction of sp³-hybridized carbons (Fsp3) is 0.250. The molecule has 136 valence electrons. The molecule has 0 N–H and O–H groups in total. The van der Waals surface area contributed by atoms with Crippen molar-refractivity contribution in [3.8, 4) is 0 Å². The van der Waals surface area contributed by atoms with Crippen LogP contribution in [0.3, 0.4) is 0 Å². The standard InChI is InChI=1S/C20H21NO5/c1-14(18(22)21(2)13-15-7-5-4-6-8-15)26-20(24)17-11-9-16(10-12-17)19(23)25-3/h4-12,14H,13H2,1-3H3/t14-/m1/s1. The van der Waals surface area contributed by atoms with Gasteiger partial charge in [0.15, 0.2) is 6.10 Å². The molecule has 0 bridgehead atoms. The summed E-state index contributed by atoms with van der Waals surface area (Å²) in [5, 5.41) is 0. The van der Waals surface area contributed by atoms with Gasteiger partial charge in [-0.2, -0.15) is 0 Å². The van der Waals surface area contributed by atoms with E-state index >= 15 is 0 Å². The Bertz CT molecular complexity index is 771. The Balaban J connectivity index is 1.95. The Labute approximate surface area is 152 Å². The third-order valence-corrected chi connectivity index (χ3v) is 3.81. The van der Waals surface area contributed by atoms with Gasteiger partial charge < -0.3 is 14.4 Å². The van der Waals surface area contributed by atoms with E-state index in [9.17, 15) is 14.4 Å². The number of carbonyl (C=O) groups is 3. The molecule has 1 atom stereocenters. The molecular weight excluding hydrogens is 334 g/mol. The van der Waals surface area contributed by atoms with Crippen molar-refractivity contribution in [1.29, 1.82) is 0 Å². The Kier molecular flexibility index (Phi) is 6.49. The first-order chi connectivity index (χ1) is 12.4. The summed E-state index contributed by atoms with van der Waals surface area (Å²) >= 11 is 0. The van der Waals surface area contributed by atoms with Gasteiger partial charge >= 0.3 is 11.9 Å². The summed E-state index contributed by atoms with van der Waals surface area (Å²) in [7, 11) is 2.94. The van der Waals surface area contributed by atoms with Crippen LogP contribution in [0.1, 0.15) is 33.2 Å². The fourth-order valence-corrected chi connectivity index (χ4v) is 2.38. The number of ether oxygens (including phenoxy) is 2. The average molecular weight is 355 g/mol. The summed E-state index contributed by atoms with van der Waals surface area (Å²) in [5.41, 5.74) is 1.57. The van der Waals surface area contributed by atoms with Crippen LogP contribution in [0.5, 0.6) is 0 Å². The molecule has 0 aliphatic carbocycles. The van der Waals surface area contributed by atoms with Crippen molar-refractivity contribution in [3.63, 3.8) is 0 Å². The zero-order valence-electron chi connectivity index (χ0n) is 15.0. The van der Waals surface area contributed by atoms with E-state index in [-0.39, 0.29) is 11.5 Å². The molecule has 0 saturated carbocycles. The molecule has 6 nitrogen and oxygen atoms in total. The van der Waals surface area contributed by atoms with Gasteiger partial charge in [-0.25, -0.2) is 9.59 Å². The number of esters is 2. The Morgan fingerprint density at radius 2 is 1.46 bits per heavy atom. The molecule has 6 heteroatoms. The largest absolute Gasteiger partial charge is 0.465 e. The number of nitrogens with zero attached hydrogens (tertiary/aromatic N) is 1. The van der Waals surface area contributed by atoms with Crippen LogP contribution in [-0.2, 0) is 20.8 Å². The molecule has 0 radical (unpaired) electrons. The topological polar surface area (TPSA) is 72.9 Å². The van der Waals surface area contributed by atoms with Crippen LogP contribution in [-0.4, -0.2) is 43.0 Å². The minimum Gasteiger partial charge on any atom is -0.465 e. The Hall–Kier alpha value is -3.15. The monoisotopic (exact) mass is 355 g/mol. The van der Waals surface area contributed by atoms with Gasteiger partial charge in [-0.3, -0.25) is 4.79 Å². The van der Waals surface area contributed by atoms with E-state index in [4.69, 9.17) is 4.74 Å². The van der Waals surface area contributed by atoms with Crippen LogP contribution < -0.4 is 0 Å². The molecule has 0 unspecified atom stereocenters. The van der Waals surface area contributed by atoms with Crippen molar-refractivity contribution in [3.05, 3.63) is 71.3 Å². The lowest BCUT2D eigenvalue weighted by Crippen LogP contribution is -2.37. The molecule has 0 aliphatic heterocycles. The van der Waals surface area contributed by atoms with Crippen LogP contribution in [0.25, 0.3) is 0 Å². The van der Waals surface area contributed by atoms with E-state index in [1.807, 2.05) is 30.3 Å². The summed E-state index contributed by atoms with van der Waals surface area (Å²) in [4.78, 5) is 37.5. The maximum absolute atomic E-state index is 12.4. The summed E-state index contributed by atoms with van der Waals surface area (Å²) in [6.45, 7) is 1.96. The molecule has 1 amide bonds. The molecule has 0 heterocycles. The fourth-order valence-electron chi connectivity index (χ4n) is 2.38. The van der Waals surface area contributed by atoms with Crippen LogP contribution >= 0.6 is 0 Å². The van der Waals surface area contributed by atoms with Gasteiger partial charge in [0.2, 0.25) is 0 Å². The highest BCUT2D eigenvalue weighted by atomic mass is 16.5. The third-order valence-electron chi connectivity index (χ3n) is 3.81. The quantitative estimate of drug-likeness (QED) is 0.745. The van der Waals surface area contributed by atoms with E-state index in [2.05, 4.69) is 4.74 Å². The van der Waals surface area contributed by atoms with Crippen molar-refractivity contribution in [2.24, 2.45) is 0 Å². The maximum Gasteiger partial charge on any atom is 0.338 e. The second-order valence-electron chi connectivity index (χ2n) is 5.80. The zero-order valence-corrected chi connectivity index (χ0v) is 15.0. The Morgan fingerprint density at radius 3 is 2.00 bits per heavy atom. The summed E-state index contributed by atoms with van der Waals surface area (Å²) in [6.07, 6.45) is -0.920. The van der Waals surface area contributed by atoms with Gasteiger partial charge in [0.25, 0.3) is 5.91 Å². The molecule has 0 fully saturated rings. The number of carbonyl (C=O) groups excluding carboxylic acids is 3. The lowest BCUT2D eigenvalue weighted by molar-refractivity contribution is -0.139. The lowest BCUT2D eigenvalue weighted by Gasteiger charge is -2.21. The second-order valence-corrected chi connectivity index (χ2v) is 5.80. The normalized spacial score (nSPS) is 11.3. The highest BCUT2D eigenvalue weighted by Gasteiger charge is 2.22. The predicted octanol–water partition coefficient (Wildman–Crippen LogP) is 2.68. The number of hydrogen-bond donors (Lipinski definition) is 0. The van der Waals surface area contributed by atoms with E-state index < -0.39 is 18.0 Å². The van der Waals surface area contributed by atoms with Crippen molar-refractivity contribution in [2.75, 3.05) is 14.2 Å². The van der Waals surface area contributed by atoms with E-state index in [1.54, 1.807) is 7.05 Å². The van der Waals surface area contributed by atoms with Gasteiger partial charge in [0, 0.05) is 13.6 Å². The first kappa shape index (κ1) is 19.2. The molecule has 0 aromatic heterocycles. The maximum atomic E-state index is 12.4. The number of amides is 1. The van der Waals surface area contributed by atoms with Crippen molar-refractivity contribution < 1.29 is 23.9 Å². The number of hydrogen-bond acceptors (Lipinski definition) is 5. The first-order valence-electron chi connectivity index (χ1n) is 8.10. The van der Waals surface area contributed by atoms with Crippen LogP contribution in [0.2, 0.25) is 0 Å². The molecule has 2 aromatic carbocycles. The minimum absolute atomic E-state index is 0.253. The molecule has 0 saturated heterocycles. The molecule has 26 heavy (non-hydrogen) atoms. The smallest absolute Gasteiger partial charge is 0.338 e. The SMILES string of the molecule is COC(=O)c1ccc(C(=O)O[C@H](C)C(=O)N(C)Cc2ccccc2)cc1. The van der Waals surface area contributed by atoms with Crippen molar-refractivity contribution in [2.45, 2.75) is 19.6 Å². The van der Waals surface area contributed by atoms with Gasteiger partial charge in [0.05, 0.1) is 18.2 Å². The van der Waals surface area contributed by atoms with Crippen LogP contribution in [0.15, 0.2) is 54.6 Å². The highest BCUT2D eigenvalue weighted by Crippen LogP contribution is 2.10. The van der Waals surface area contributed by atoms with Crippen LogP contribution in [0, 0.1) is 0 Å². The highest BCUT2D eigenvalue weighted by molar-refractivity contribution is 5.94. The average Bonchev–Trinajstić information content (AvgIpc) is 2.67. The summed E-state index contributed by atoms with van der Waals surface area (Å²) in [5.74, 6) is -1.42. The predicted molar refractivity (Wildman–Crippen MR) is 95.6 cm³/mol. The number of rotatable bonds is 6.